The first-order valence-electron chi connectivity index (χ1n) is 5.67. The Bertz CT molecular complexity index is 542. The van der Waals surface area contributed by atoms with Crippen LogP contribution in [0.3, 0.4) is 0 Å². The molecule has 2 aromatic rings. The molecule has 0 fully saturated rings. The van der Waals surface area contributed by atoms with Crippen molar-refractivity contribution in [3.05, 3.63) is 47.8 Å². The van der Waals surface area contributed by atoms with Crippen LogP contribution >= 0.6 is 0 Å². The van der Waals surface area contributed by atoms with Gasteiger partial charge in [-0.15, -0.1) is 5.92 Å². The van der Waals surface area contributed by atoms with Crippen LogP contribution in [0.15, 0.2) is 36.7 Å². The highest BCUT2D eigenvalue weighted by Gasteiger charge is 2.00. The van der Waals surface area contributed by atoms with Crippen LogP contribution in [-0.2, 0) is 6.42 Å². The molecule has 0 radical (unpaired) electrons. The summed E-state index contributed by atoms with van der Waals surface area (Å²) < 4.78 is 0. The molecule has 2 rings (SSSR count). The molecular formula is C15H14N2. The standard InChI is InChI=1S/C15H14N2/c1-3-5-13-6-8-14(9-7-13)15-16-10-12(4-2)11-17-15/h6-11H,4H2,1-2H3. The van der Waals surface area contributed by atoms with E-state index in [0.717, 1.165) is 28.9 Å². The average molecular weight is 222 g/mol. The largest absolute Gasteiger partial charge is 0.236 e. The summed E-state index contributed by atoms with van der Waals surface area (Å²) in [5.41, 5.74) is 3.19. The minimum absolute atomic E-state index is 0.762. The van der Waals surface area contributed by atoms with Crippen LogP contribution in [0.1, 0.15) is 25.0 Å². The average Bonchev–Trinajstić information content (AvgIpc) is 2.40. The van der Waals surface area contributed by atoms with Gasteiger partial charge in [0.15, 0.2) is 5.82 Å². The fourth-order valence-corrected chi connectivity index (χ4v) is 1.53. The lowest BCUT2D eigenvalue weighted by Gasteiger charge is -2.01. The van der Waals surface area contributed by atoms with E-state index >= 15 is 0 Å². The van der Waals surface area contributed by atoms with E-state index in [0.29, 0.717) is 0 Å². The van der Waals surface area contributed by atoms with Crippen molar-refractivity contribution >= 4 is 0 Å². The molecule has 0 unspecified atom stereocenters. The molecule has 2 heteroatoms. The van der Waals surface area contributed by atoms with E-state index in [9.17, 15) is 0 Å². The van der Waals surface area contributed by atoms with Crippen LogP contribution in [0.5, 0.6) is 0 Å². The normalized spacial score (nSPS) is 9.53. The van der Waals surface area contributed by atoms with E-state index < -0.39 is 0 Å². The lowest BCUT2D eigenvalue weighted by Crippen LogP contribution is -1.91. The van der Waals surface area contributed by atoms with E-state index in [1.807, 2.05) is 43.6 Å². The van der Waals surface area contributed by atoms with Gasteiger partial charge in [0.1, 0.15) is 0 Å². The Morgan fingerprint density at radius 1 is 1.06 bits per heavy atom. The Balaban J connectivity index is 2.28. The topological polar surface area (TPSA) is 25.8 Å². The molecule has 17 heavy (non-hydrogen) atoms. The molecule has 0 spiro atoms. The number of nitrogens with zero attached hydrogens (tertiary/aromatic N) is 2. The quantitative estimate of drug-likeness (QED) is 0.730. The summed E-state index contributed by atoms with van der Waals surface area (Å²) in [6.45, 7) is 3.93. The van der Waals surface area contributed by atoms with E-state index in [4.69, 9.17) is 0 Å². The van der Waals surface area contributed by atoms with Gasteiger partial charge in [0, 0.05) is 23.5 Å². The van der Waals surface area contributed by atoms with Crippen molar-refractivity contribution in [3.63, 3.8) is 0 Å². The van der Waals surface area contributed by atoms with Crippen molar-refractivity contribution in [3.8, 4) is 23.2 Å². The molecule has 0 saturated heterocycles. The van der Waals surface area contributed by atoms with Crippen LogP contribution in [0.25, 0.3) is 11.4 Å². The van der Waals surface area contributed by atoms with Crippen LogP contribution < -0.4 is 0 Å². The second-order valence-electron chi connectivity index (χ2n) is 3.72. The highest BCUT2D eigenvalue weighted by Crippen LogP contribution is 2.15. The van der Waals surface area contributed by atoms with E-state index in [2.05, 4.69) is 28.7 Å². The highest BCUT2D eigenvalue weighted by molar-refractivity contribution is 5.56. The fourth-order valence-electron chi connectivity index (χ4n) is 1.53. The predicted octanol–water partition coefficient (Wildman–Crippen LogP) is 3.08. The molecule has 0 N–H and O–H groups in total. The molecule has 2 nitrogen and oxygen atoms in total. The Kier molecular flexibility index (Phi) is 3.52. The molecular weight excluding hydrogens is 208 g/mol. The van der Waals surface area contributed by atoms with E-state index in [-0.39, 0.29) is 0 Å². The summed E-state index contributed by atoms with van der Waals surface area (Å²) in [6, 6.07) is 7.98. The third kappa shape index (κ3) is 2.70. The first-order chi connectivity index (χ1) is 8.33. The zero-order valence-corrected chi connectivity index (χ0v) is 10.1. The smallest absolute Gasteiger partial charge is 0.159 e. The van der Waals surface area contributed by atoms with Crippen LogP contribution in [0.4, 0.5) is 0 Å². The molecule has 1 aromatic carbocycles. The SMILES string of the molecule is CC#Cc1ccc(-c2ncc(CC)cn2)cc1. The third-order valence-electron chi connectivity index (χ3n) is 2.53. The maximum Gasteiger partial charge on any atom is 0.159 e. The predicted molar refractivity (Wildman–Crippen MR) is 69.4 cm³/mol. The molecule has 1 heterocycles. The molecule has 0 bridgehead atoms. The molecule has 0 amide bonds. The Morgan fingerprint density at radius 2 is 1.71 bits per heavy atom. The molecule has 0 atom stereocenters. The van der Waals surface area contributed by atoms with Crippen molar-refractivity contribution < 1.29 is 0 Å². The third-order valence-corrected chi connectivity index (χ3v) is 2.53. The molecule has 1 aromatic heterocycles. The number of benzene rings is 1. The van der Waals surface area contributed by atoms with Gasteiger partial charge in [-0.3, -0.25) is 0 Å². The summed E-state index contributed by atoms with van der Waals surface area (Å²) in [5, 5.41) is 0. The summed E-state index contributed by atoms with van der Waals surface area (Å²) in [7, 11) is 0. The molecule has 0 aliphatic heterocycles. The number of rotatable bonds is 2. The maximum absolute atomic E-state index is 4.35. The zero-order valence-electron chi connectivity index (χ0n) is 10.1. The van der Waals surface area contributed by atoms with Gasteiger partial charge in [0.2, 0.25) is 0 Å². The zero-order chi connectivity index (χ0) is 12.1. The Labute approximate surface area is 102 Å². The first kappa shape index (κ1) is 11.3. The summed E-state index contributed by atoms with van der Waals surface area (Å²) in [4.78, 5) is 8.70. The van der Waals surface area contributed by atoms with Crippen LogP contribution in [0, 0.1) is 11.8 Å². The summed E-state index contributed by atoms with van der Waals surface area (Å²) >= 11 is 0. The molecule has 0 saturated carbocycles. The van der Waals surface area contributed by atoms with Gasteiger partial charge in [-0.2, -0.15) is 0 Å². The Hall–Kier alpha value is -2.14. The summed E-state index contributed by atoms with van der Waals surface area (Å²) in [6.07, 6.45) is 4.72. The van der Waals surface area contributed by atoms with Gasteiger partial charge >= 0.3 is 0 Å². The van der Waals surface area contributed by atoms with Crippen LogP contribution in [-0.4, -0.2) is 9.97 Å². The monoisotopic (exact) mass is 222 g/mol. The van der Waals surface area contributed by atoms with Crippen molar-refractivity contribution in [1.29, 1.82) is 0 Å². The number of hydrogen-bond acceptors (Lipinski definition) is 2. The van der Waals surface area contributed by atoms with Crippen molar-refractivity contribution in [1.82, 2.24) is 9.97 Å². The van der Waals surface area contributed by atoms with Crippen molar-refractivity contribution in [2.24, 2.45) is 0 Å². The fraction of sp³-hybridized carbons (Fsp3) is 0.200. The number of hydrogen-bond donors (Lipinski definition) is 0. The Morgan fingerprint density at radius 3 is 2.24 bits per heavy atom. The first-order valence-corrected chi connectivity index (χ1v) is 5.67. The molecule has 0 aliphatic rings. The summed E-state index contributed by atoms with van der Waals surface area (Å²) in [5.74, 6) is 6.65. The van der Waals surface area contributed by atoms with Crippen molar-refractivity contribution in [2.75, 3.05) is 0 Å². The second-order valence-corrected chi connectivity index (χ2v) is 3.72. The van der Waals surface area contributed by atoms with Crippen molar-refractivity contribution in [2.45, 2.75) is 20.3 Å². The minimum atomic E-state index is 0.762. The van der Waals surface area contributed by atoms with Crippen LogP contribution in [0.2, 0.25) is 0 Å². The number of aryl methyl sites for hydroxylation is 1. The number of aromatic nitrogens is 2. The maximum atomic E-state index is 4.35. The van der Waals surface area contributed by atoms with Gasteiger partial charge in [0.25, 0.3) is 0 Å². The second kappa shape index (κ2) is 5.27. The van der Waals surface area contributed by atoms with Gasteiger partial charge in [-0.25, -0.2) is 9.97 Å². The van der Waals surface area contributed by atoms with Gasteiger partial charge in [-0.1, -0.05) is 12.8 Å². The van der Waals surface area contributed by atoms with Gasteiger partial charge < -0.3 is 0 Å². The molecule has 84 valence electrons. The highest BCUT2D eigenvalue weighted by atomic mass is 14.9. The van der Waals surface area contributed by atoms with E-state index in [1.165, 1.54) is 0 Å². The van der Waals surface area contributed by atoms with E-state index in [1.54, 1.807) is 0 Å². The lowest BCUT2D eigenvalue weighted by atomic mass is 10.1. The molecule has 0 aliphatic carbocycles. The minimum Gasteiger partial charge on any atom is -0.236 e. The van der Waals surface area contributed by atoms with Gasteiger partial charge in [-0.05, 0) is 43.2 Å². The lowest BCUT2D eigenvalue weighted by molar-refractivity contribution is 1.05. The van der Waals surface area contributed by atoms with Gasteiger partial charge in [0.05, 0.1) is 0 Å².